The standard InChI is InChI=1S/C20H26O10.5Na/c1-3-5-6-12(17(23)24)14(19(27)28)9-11(4-2)10-15(20(29)30)13(18(25)26)7-8-16(21)22;;;;;/h5-6,11H,3-4,7-10H2,1-2H3,(H,21,22)(H,23,24)(H,25,26)(H,27,28)(H,29,30);;;;;/q;5*+1/p-5/b6-5+,14-12-,15-13-;;;;;. The number of hydrogen-bond donors (Lipinski definition) is 0. The van der Waals surface area contributed by atoms with Gasteiger partial charge in [-0.1, -0.05) is 32.4 Å². The molecule has 0 heterocycles. The predicted octanol–water partition coefficient (Wildman–Crippen LogP) is -19.1. The Bertz CT molecular complexity index is 806. The zero-order valence-corrected chi connectivity index (χ0v) is 31.6. The molecule has 0 amide bonds. The molecule has 35 heavy (non-hydrogen) atoms. The van der Waals surface area contributed by atoms with E-state index in [-0.39, 0.29) is 154 Å². The van der Waals surface area contributed by atoms with E-state index in [0.717, 1.165) is 6.08 Å². The smallest absolute Gasteiger partial charge is 0.550 e. The van der Waals surface area contributed by atoms with Crippen molar-refractivity contribution in [2.75, 3.05) is 0 Å². The summed E-state index contributed by atoms with van der Waals surface area (Å²) in [4.78, 5) is 56.2. The van der Waals surface area contributed by atoms with Crippen LogP contribution in [0, 0.1) is 5.92 Å². The van der Waals surface area contributed by atoms with Gasteiger partial charge < -0.3 is 49.5 Å². The van der Waals surface area contributed by atoms with Crippen LogP contribution in [0.1, 0.15) is 52.4 Å². The van der Waals surface area contributed by atoms with Crippen LogP contribution in [0.3, 0.4) is 0 Å². The van der Waals surface area contributed by atoms with E-state index >= 15 is 0 Å². The molecule has 0 saturated heterocycles. The number of carboxylic acid groups (broad SMARTS) is 5. The van der Waals surface area contributed by atoms with E-state index in [4.69, 9.17) is 0 Å². The van der Waals surface area contributed by atoms with Crippen molar-refractivity contribution in [3.8, 4) is 0 Å². The number of carbonyl (C=O) groups is 5. The molecule has 1 unspecified atom stereocenters. The Morgan fingerprint density at radius 2 is 1.06 bits per heavy atom. The molecule has 0 bridgehead atoms. The summed E-state index contributed by atoms with van der Waals surface area (Å²) in [6.45, 7) is 3.23. The molecule has 0 rings (SSSR count). The Labute approximate surface area is 314 Å². The first-order valence-corrected chi connectivity index (χ1v) is 9.12. The average molecular weight is 536 g/mol. The number of rotatable bonds is 14. The third-order valence-corrected chi connectivity index (χ3v) is 4.31. The van der Waals surface area contributed by atoms with Gasteiger partial charge in [0.15, 0.2) is 0 Å². The zero-order chi connectivity index (χ0) is 23.4. The molecule has 0 saturated carbocycles. The average Bonchev–Trinajstić information content (AvgIpc) is 2.63. The minimum Gasteiger partial charge on any atom is -0.550 e. The van der Waals surface area contributed by atoms with Crippen molar-refractivity contribution in [1.82, 2.24) is 0 Å². The zero-order valence-electron chi connectivity index (χ0n) is 21.6. The van der Waals surface area contributed by atoms with Crippen molar-refractivity contribution in [2.24, 2.45) is 5.92 Å². The summed E-state index contributed by atoms with van der Waals surface area (Å²) in [5, 5.41) is 56.2. The second-order valence-corrected chi connectivity index (χ2v) is 6.36. The van der Waals surface area contributed by atoms with Crippen molar-refractivity contribution in [3.05, 3.63) is 34.4 Å². The number of allylic oxidation sites excluding steroid dienone is 1. The minimum atomic E-state index is -1.91. The molecule has 166 valence electrons. The van der Waals surface area contributed by atoms with Crippen LogP contribution >= 0.6 is 0 Å². The van der Waals surface area contributed by atoms with Crippen LogP contribution in [0.2, 0.25) is 0 Å². The Morgan fingerprint density at radius 1 is 0.629 bits per heavy atom. The van der Waals surface area contributed by atoms with Gasteiger partial charge in [0.2, 0.25) is 0 Å². The molecule has 0 N–H and O–H groups in total. The fraction of sp³-hybridized carbons (Fsp3) is 0.450. The van der Waals surface area contributed by atoms with Crippen molar-refractivity contribution >= 4 is 29.8 Å². The molecule has 0 aliphatic rings. The molecule has 10 nitrogen and oxygen atoms in total. The van der Waals surface area contributed by atoms with Gasteiger partial charge in [0.1, 0.15) is 0 Å². The van der Waals surface area contributed by atoms with E-state index in [1.165, 1.54) is 6.08 Å². The van der Waals surface area contributed by atoms with Gasteiger partial charge in [-0.15, -0.1) is 0 Å². The van der Waals surface area contributed by atoms with Crippen LogP contribution < -0.4 is 173 Å². The SMILES string of the molecule is CC/C=C/C(C(=O)[O-])=C(\CC(CC)C/C(C(=O)[O-])=C(\CCC(=O)[O-])C(=O)[O-])C(=O)[O-].[Na+].[Na+].[Na+].[Na+].[Na+]. The second kappa shape index (κ2) is 27.1. The number of carboxylic acids is 5. The molecular formula is C20H21Na5O10. The van der Waals surface area contributed by atoms with Crippen LogP contribution in [0.5, 0.6) is 0 Å². The minimum absolute atomic E-state index is 0. The molecule has 0 radical (unpaired) electrons. The van der Waals surface area contributed by atoms with Gasteiger partial charge in [0.05, 0.1) is 23.9 Å². The fourth-order valence-electron chi connectivity index (χ4n) is 2.70. The molecule has 0 spiro atoms. The summed E-state index contributed by atoms with van der Waals surface area (Å²) in [5.74, 6) is -9.83. The molecule has 0 aromatic heterocycles. The molecule has 0 aromatic carbocycles. The van der Waals surface area contributed by atoms with E-state index in [1.54, 1.807) is 13.8 Å². The summed E-state index contributed by atoms with van der Waals surface area (Å²) in [7, 11) is 0. The first-order valence-electron chi connectivity index (χ1n) is 9.12. The summed E-state index contributed by atoms with van der Waals surface area (Å²) in [5.41, 5.74) is -2.87. The van der Waals surface area contributed by atoms with E-state index in [9.17, 15) is 49.5 Å². The van der Waals surface area contributed by atoms with Crippen molar-refractivity contribution < 1.29 is 197 Å². The van der Waals surface area contributed by atoms with Crippen LogP contribution in [0.15, 0.2) is 34.4 Å². The van der Waals surface area contributed by atoms with Crippen LogP contribution in [0.4, 0.5) is 0 Å². The summed E-state index contributed by atoms with van der Waals surface area (Å²) in [6.07, 6.45) is 0.489. The molecule has 0 fully saturated rings. The van der Waals surface area contributed by atoms with Gasteiger partial charge in [0, 0.05) is 11.5 Å². The van der Waals surface area contributed by atoms with Gasteiger partial charge in [-0.05, 0) is 54.7 Å². The Hall–Kier alpha value is 1.57. The molecule has 15 heteroatoms. The van der Waals surface area contributed by atoms with E-state index in [1.807, 2.05) is 0 Å². The number of carbonyl (C=O) groups excluding carboxylic acids is 5. The Kier molecular flexibility index (Phi) is 38.4. The van der Waals surface area contributed by atoms with E-state index < -0.39 is 83.7 Å². The first-order chi connectivity index (χ1) is 14.0. The van der Waals surface area contributed by atoms with Gasteiger partial charge in [-0.3, -0.25) is 0 Å². The van der Waals surface area contributed by atoms with Gasteiger partial charge in [0.25, 0.3) is 0 Å². The fourth-order valence-corrected chi connectivity index (χ4v) is 2.70. The Morgan fingerprint density at radius 3 is 1.37 bits per heavy atom. The molecule has 1 atom stereocenters. The monoisotopic (exact) mass is 536 g/mol. The maximum absolute atomic E-state index is 11.5. The van der Waals surface area contributed by atoms with E-state index in [0.29, 0.717) is 6.42 Å². The molecule has 0 aromatic rings. The van der Waals surface area contributed by atoms with Crippen molar-refractivity contribution in [1.29, 1.82) is 0 Å². The predicted molar refractivity (Wildman–Crippen MR) is 90.8 cm³/mol. The van der Waals surface area contributed by atoms with Gasteiger partial charge in [-0.2, -0.15) is 0 Å². The summed E-state index contributed by atoms with van der Waals surface area (Å²) < 4.78 is 0. The normalized spacial score (nSPS) is 11.9. The summed E-state index contributed by atoms with van der Waals surface area (Å²) >= 11 is 0. The van der Waals surface area contributed by atoms with Crippen LogP contribution in [0.25, 0.3) is 0 Å². The number of hydrogen-bond acceptors (Lipinski definition) is 10. The maximum atomic E-state index is 11.5. The molecular weight excluding hydrogens is 515 g/mol. The van der Waals surface area contributed by atoms with Gasteiger partial charge >= 0.3 is 148 Å². The first kappa shape index (κ1) is 49.5. The van der Waals surface area contributed by atoms with Crippen LogP contribution in [-0.2, 0) is 24.0 Å². The topological polar surface area (TPSA) is 201 Å². The Balaban J connectivity index is -0.000000420. The van der Waals surface area contributed by atoms with Gasteiger partial charge in [-0.25, -0.2) is 0 Å². The maximum Gasteiger partial charge on any atom is 1.00 e. The largest absolute Gasteiger partial charge is 1.00 e. The third-order valence-electron chi connectivity index (χ3n) is 4.31. The third kappa shape index (κ3) is 20.2. The number of aliphatic carboxylic acids is 5. The molecule has 0 aliphatic heterocycles. The quantitative estimate of drug-likeness (QED) is 0.117. The van der Waals surface area contributed by atoms with E-state index in [2.05, 4.69) is 0 Å². The second-order valence-electron chi connectivity index (χ2n) is 6.36. The molecule has 0 aliphatic carbocycles. The van der Waals surface area contributed by atoms with Crippen LogP contribution in [-0.4, -0.2) is 29.8 Å². The summed E-state index contributed by atoms with van der Waals surface area (Å²) in [6, 6.07) is 0. The van der Waals surface area contributed by atoms with Crippen molar-refractivity contribution in [3.63, 3.8) is 0 Å². The van der Waals surface area contributed by atoms with Crippen molar-refractivity contribution in [2.45, 2.75) is 52.4 Å².